The van der Waals surface area contributed by atoms with E-state index in [1.54, 1.807) is 19.2 Å². The molecule has 0 aliphatic heterocycles. The number of anilines is 2. The SMILES string of the molecule is COc1ccccc1NC(=O)c1cnc(NCCc2ccc(Cl)cc2)nc1. The number of nitrogens with one attached hydrogen (secondary N) is 2. The molecule has 6 nitrogen and oxygen atoms in total. The van der Waals surface area contributed by atoms with Gasteiger partial charge in [0.05, 0.1) is 18.4 Å². The van der Waals surface area contributed by atoms with Crippen LogP contribution in [0.3, 0.4) is 0 Å². The van der Waals surface area contributed by atoms with Gasteiger partial charge in [-0.15, -0.1) is 0 Å². The number of hydrogen-bond acceptors (Lipinski definition) is 5. The van der Waals surface area contributed by atoms with E-state index in [4.69, 9.17) is 16.3 Å². The number of carbonyl (C=O) groups excluding carboxylic acids is 1. The summed E-state index contributed by atoms with van der Waals surface area (Å²) in [7, 11) is 1.55. The number of hydrogen-bond donors (Lipinski definition) is 2. The second-order valence-corrected chi connectivity index (χ2v) is 6.19. The van der Waals surface area contributed by atoms with E-state index in [1.807, 2.05) is 36.4 Å². The number of benzene rings is 2. The van der Waals surface area contributed by atoms with Crippen molar-refractivity contribution in [1.29, 1.82) is 0 Å². The van der Waals surface area contributed by atoms with Crippen molar-refractivity contribution in [3.63, 3.8) is 0 Å². The number of methoxy groups -OCH3 is 1. The largest absolute Gasteiger partial charge is 0.495 e. The number of rotatable bonds is 7. The standard InChI is InChI=1S/C20H19ClN4O2/c1-27-18-5-3-2-4-17(18)25-19(26)15-12-23-20(24-13-15)22-11-10-14-6-8-16(21)9-7-14/h2-9,12-13H,10-11H2,1H3,(H,25,26)(H,22,23,24). The summed E-state index contributed by atoms with van der Waals surface area (Å²) in [5.41, 5.74) is 2.12. The van der Waals surface area contributed by atoms with E-state index >= 15 is 0 Å². The molecule has 0 radical (unpaired) electrons. The van der Waals surface area contributed by atoms with Gasteiger partial charge in [-0.25, -0.2) is 9.97 Å². The Morgan fingerprint density at radius 3 is 2.48 bits per heavy atom. The molecule has 1 aromatic heterocycles. The number of nitrogens with zero attached hydrogens (tertiary/aromatic N) is 2. The van der Waals surface area contributed by atoms with Gasteiger partial charge in [0.2, 0.25) is 5.95 Å². The Hall–Kier alpha value is -3.12. The van der Waals surface area contributed by atoms with Crippen LogP contribution in [0.1, 0.15) is 15.9 Å². The summed E-state index contributed by atoms with van der Waals surface area (Å²) in [6.45, 7) is 0.675. The molecule has 0 bridgehead atoms. The molecule has 138 valence electrons. The molecule has 1 heterocycles. The molecule has 2 N–H and O–H groups in total. The Morgan fingerprint density at radius 2 is 1.78 bits per heavy atom. The van der Waals surface area contributed by atoms with Gasteiger partial charge in [-0.1, -0.05) is 35.9 Å². The summed E-state index contributed by atoms with van der Waals surface area (Å²) >= 11 is 5.87. The number of ether oxygens (including phenoxy) is 1. The van der Waals surface area contributed by atoms with E-state index in [9.17, 15) is 4.79 Å². The fraction of sp³-hybridized carbons (Fsp3) is 0.150. The van der Waals surface area contributed by atoms with Gasteiger partial charge in [0, 0.05) is 24.0 Å². The number of aromatic nitrogens is 2. The van der Waals surface area contributed by atoms with Gasteiger partial charge in [-0.2, -0.15) is 0 Å². The van der Waals surface area contributed by atoms with Crippen LogP contribution >= 0.6 is 11.6 Å². The average molecular weight is 383 g/mol. The molecular formula is C20H19ClN4O2. The van der Waals surface area contributed by atoms with Crippen molar-refractivity contribution in [2.24, 2.45) is 0 Å². The maximum Gasteiger partial charge on any atom is 0.258 e. The summed E-state index contributed by atoms with van der Waals surface area (Å²) in [6.07, 6.45) is 3.79. The molecule has 0 saturated heterocycles. The van der Waals surface area contributed by atoms with Crippen LogP contribution in [0.2, 0.25) is 5.02 Å². The normalized spacial score (nSPS) is 10.3. The lowest BCUT2D eigenvalue weighted by Crippen LogP contribution is -2.14. The van der Waals surface area contributed by atoms with Crippen LogP contribution in [0.25, 0.3) is 0 Å². The van der Waals surface area contributed by atoms with Crippen molar-refractivity contribution in [3.05, 3.63) is 77.1 Å². The smallest absolute Gasteiger partial charge is 0.258 e. The minimum absolute atomic E-state index is 0.299. The number of amides is 1. The Bertz CT molecular complexity index is 899. The van der Waals surface area contributed by atoms with Gasteiger partial charge in [0.25, 0.3) is 5.91 Å². The second-order valence-electron chi connectivity index (χ2n) is 5.75. The first-order chi connectivity index (χ1) is 13.2. The Balaban J connectivity index is 1.54. The average Bonchev–Trinajstić information content (AvgIpc) is 2.70. The predicted octanol–water partition coefficient (Wildman–Crippen LogP) is 4.05. The molecule has 27 heavy (non-hydrogen) atoms. The van der Waals surface area contributed by atoms with E-state index < -0.39 is 0 Å². The summed E-state index contributed by atoms with van der Waals surface area (Å²) in [5.74, 6) is 0.761. The minimum atomic E-state index is -0.299. The molecule has 3 rings (SSSR count). The van der Waals surface area contributed by atoms with Crippen molar-refractivity contribution >= 4 is 29.1 Å². The van der Waals surface area contributed by atoms with Crippen LogP contribution in [-0.4, -0.2) is 29.5 Å². The molecule has 2 aromatic carbocycles. The maximum atomic E-state index is 12.3. The number of carbonyl (C=O) groups is 1. The lowest BCUT2D eigenvalue weighted by Gasteiger charge is -2.10. The zero-order chi connectivity index (χ0) is 19.1. The molecule has 0 aliphatic carbocycles. The molecule has 7 heteroatoms. The first kappa shape index (κ1) is 18.7. The first-order valence-corrected chi connectivity index (χ1v) is 8.78. The summed E-state index contributed by atoms with van der Waals surface area (Å²) in [5, 5.41) is 6.65. The van der Waals surface area contributed by atoms with Crippen LogP contribution in [0.4, 0.5) is 11.6 Å². The van der Waals surface area contributed by atoms with Crippen LogP contribution in [0.15, 0.2) is 60.9 Å². The minimum Gasteiger partial charge on any atom is -0.495 e. The number of halogens is 1. The van der Waals surface area contributed by atoms with Crippen LogP contribution in [0, 0.1) is 0 Å². The molecule has 0 unspecified atom stereocenters. The first-order valence-electron chi connectivity index (χ1n) is 8.40. The van der Waals surface area contributed by atoms with Crippen molar-refractivity contribution in [3.8, 4) is 5.75 Å². The van der Waals surface area contributed by atoms with Crippen molar-refractivity contribution in [2.45, 2.75) is 6.42 Å². The second kappa shape index (κ2) is 9.00. The quantitative estimate of drug-likeness (QED) is 0.644. The van der Waals surface area contributed by atoms with E-state index in [-0.39, 0.29) is 5.91 Å². The molecule has 0 saturated carbocycles. The molecular weight excluding hydrogens is 364 g/mol. The molecule has 0 fully saturated rings. The van der Waals surface area contributed by atoms with E-state index in [0.717, 1.165) is 11.4 Å². The Morgan fingerprint density at radius 1 is 1.07 bits per heavy atom. The molecule has 1 amide bonds. The topological polar surface area (TPSA) is 76.1 Å². The van der Waals surface area contributed by atoms with Gasteiger partial charge in [0.1, 0.15) is 5.75 Å². The summed E-state index contributed by atoms with van der Waals surface area (Å²) in [6, 6.07) is 14.9. The van der Waals surface area contributed by atoms with Crippen LogP contribution in [-0.2, 0) is 6.42 Å². The fourth-order valence-electron chi connectivity index (χ4n) is 2.45. The monoisotopic (exact) mass is 382 g/mol. The van der Waals surface area contributed by atoms with Gasteiger partial charge in [0.15, 0.2) is 0 Å². The highest BCUT2D eigenvalue weighted by Gasteiger charge is 2.10. The summed E-state index contributed by atoms with van der Waals surface area (Å²) < 4.78 is 5.23. The fourth-order valence-corrected chi connectivity index (χ4v) is 2.57. The van der Waals surface area contributed by atoms with Crippen molar-refractivity contribution in [2.75, 3.05) is 24.3 Å². The zero-order valence-electron chi connectivity index (χ0n) is 14.8. The van der Waals surface area contributed by atoms with Crippen LogP contribution < -0.4 is 15.4 Å². The van der Waals surface area contributed by atoms with E-state index in [1.165, 1.54) is 18.0 Å². The zero-order valence-corrected chi connectivity index (χ0v) is 15.5. The lowest BCUT2D eigenvalue weighted by molar-refractivity contribution is 0.102. The van der Waals surface area contributed by atoms with Gasteiger partial charge in [-0.05, 0) is 36.2 Å². The third-order valence-corrected chi connectivity index (χ3v) is 4.13. The van der Waals surface area contributed by atoms with Crippen molar-refractivity contribution in [1.82, 2.24) is 9.97 Å². The molecule has 0 spiro atoms. The van der Waals surface area contributed by atoms with Gasteiger partial charge in [-0.3, -0.25) is 4.79 Å². The van der Waals surface area contributed by atoms with Crippen LogP contribution in [0.5, 0.6) is 5.75 Å². The van der Waals surface area contributed by atoms with E-state index in [2.05, 4.69) is 20.6 Å². The molecule has 0 aliphatic rings. The highest BCUT2D eigenvalue weighted by molar-refractivity contribution is 6.30. The van der Waals surface area contributed by atoms with Crippen molar-refractivity contribution < 1.29 is 9.53 Å². The molecule has 0 atom stereocenters. The Kier molecular flexibility index (Phi) is 6.22. The summed E-state index contributed by atoms with van der Waals surface area (Å²) in [4.78, 5) is 20.7. The highest BCUT2D eigenvalue weighted by atomic mass is 35.5. The van der Waals surface area contributed by atoms with Gasteiger partial charge >= 0.3 is 0 Å². The maximum absolute atomic E-state index is 12.3. The third-order valence-electron chi connectivity index (χ3n) is 3.88. The third kappa shape index (κ3) is 5.18. The van der Waals surface area contributed by atoms with E-state index in [0.29, 0.717) is 29.5 Å². The highest BCUT2D eigenvalue weighted by Crippen LogP contribution is 2.23. The number of para-hydroxylation sites is 2. The van der Waals surface area contributed by atoms with Gasteiger partial charge < -0.3 is 15.4 Å². The molecule has 3 aromatic rings. The Labute approximate surface area is 162 Å². The predicted molar refractivity (Wildman–Crippen MR) is 107 cm³/mol. The lowest BCUT2D eigenvalue weighted by atomic mass is 10.1.